The normalized spacial score (nSPS) is 13.8. The van der Waals surface area contributed by atoms with E-state index >= 15 is 0 Å². The number of guanidine groups is 1. The molecule has 5 rings (SSSR count). The van der Waals surface area contributed by atoms with E-state index in [1.807, 2.05) is 30.3 Å². The predicted octanol–water partition coefficient (Wildman–Crippen LogP) is -0.563. The van der Waals surface area contributed by atoms with Crippen LogP contribution in [0.5, 0.6) is 0 Å². The first kappa shape index (κ1) is 60.2. The molecule has 5 aromatic rings. The highest BCUT2D eigenvalue weighted by molar-refractivity contribution is 5.97. The van der Waals surface area contributed by atoms with Crippen LogP contribution in [-0.2, 0) is 64.0 Å². The summed E-state index contributed by atoms with van der Waals surface area (Å²) in [6.07, 6.45) is 5.90. The summed E-state index contributed by atoms with van der Waals surface area (Å²) >= 11 is 0. The summed E-state index contributed by atoms with van der Waals surface area (Å²) in [5, 5.41) is 29.3. The quantitative estimate of drug-likeness (QED) is 0.0146. The summed E-state index contributed by atoms with van der Waals surface area (Å²) in [4.78, 5) is 124. The fourth-order valence-corrected chi connectivity index (χ4v) is 8.51. The lowest BCUT2D eigenvalue weighted by Gasteiger charge is -2.26. The average molecular weight is 1080 g/mol. The summed E-state index contributed by atoms with van der Waals surface area (Å²) in [6.45, 7) is 2.95. The van der Waals surface area contributed by atoms with E-state index in [2.05, 4.69) is 57.2 Å². The smallest absolute Gasteiger partial charge is 0.326 e. The molecule has 7 amide bonds. The van der Waals surface area contributed by atoms with Crippen LogP contribution in [0.15, 0.2) is 109 Å². The van der Waals surface area contributed by atoms with Gasteiger partial charge < -0.3 is 75.2 Å². The third-order valence-electron chi connectivity index (χ3n) is 12.7. The van der Waals surface area contributed by atoms with Gasteiger partial charge in [-0.15, -0.1) is 0 Å². The lowest BCUT2D eigenvalue weighted by molar-refractivity contribution is -0.143. The number of hydrogen-bond donors (Lipinski definition) is 14. The van der Waals surface area contributed by atoms with Gasteiger partial charge in [0.05, 0.1) is 18.9 Å². The summed E-state index contributed by atoms with van der Waals surface area (Å²) in [5.74, 6) is -7.16. The van der Waals surface area contributed by atoms with Crippen molar-refractivity contribution in [2.75, 3.05) is 19.6 Å². The molecule has 0 radical (unpaired) electrons. The van der Waals surface area contributed by atoms with E-state index in [1.165, 1.54) is 12.5 Å². The standard InChI is InChI=1S/C54H73N15O9/c1-32(2)46(53(77)78)69-52(76)43(25-34-16-7-4-8-17-34)67-49(73)40(21-13-23-60-54(57)58)64-45(70)30-62-48(72)44(26-35-28-61-39-19-10-9-18-37(35)39)68-50(74)41(20-11-12-22-55)65-51(75)42(24-33-14-5-3-6-15-33)66-47(71)38(56)27-36-29-59-31-63-36/h3-10,14-19,28-29,31-32,38,40-44,46,61H,11-13,20-27,30,55-56H2,1-2H3,(H,59,63)(H,62,72)(H,64,70)(H,65,75)(H,66,71)(H,67,73)(H,68,74)(H,69,76)(H,77,78)(H4,57,58,60)/t38-,40-,41-,42-,43-,44-,46-/m0/s1. The molecule has 0 bridgehead atoms. The van der Waals surface area contributed by atoms with E-state index in [0.717, 1.165) is 10.9 Å². The maximum absolute atomic E-state index is 14.5. The van der Waals surface area contributed by atoms with E-state index in [0.29, 0.717) is 41.8 Å². The largest absolute Gasteiger partial charge is 0.480 e. The molecule has 0 aliphatic carbocycles. The summed E-state index contributed by atoms with van der Waals surface area (Å²) in [6, 6.07) is 16.4. The minimum atomic E-state index is -1.34. The summed E-state index contributed by atoms with van der Waals surface area (Å²) < 4.78 is 0. The Balaban J connectivity index is 1.36. The molecular weight excluding hydrogens is 1000 g/mol. The van der Waals surface area contributed by atoms with Crippen LogP contribution in [0, 0.1) is 5.92 Å². The molecule has 2 heterocycles. The van der Waals surface area contributed by atoms with Crippen LogP contribution in [0.1, 0.15) is 68.3 Å². The van der Waals surface area contributed by atoms with Crippen molar-refractivity contribution in [2.45, 2.75) is 114 Å². The van der Waals surface area contributed by atoms with Crippen molar-refractivity contribution in [1.29, 1.82) is 0 Å². The van der Waals surface area contributed by atoms with Gasteiger partial charge in [-0.2, -0.15) is 0 Å². The Morgan fingerprint density at radius 3 is 1.73 bits per heavy atom. The molecule has 0 aliphatic rings. The average Bonchev–Trinajstić information content (AvgIpc) is 4.10. The number of aromatic amines is 2. The third-order valence-corrected chi connectivity index (χ3v) is 12.7. The van der Waals surface area contributed by atoms with Gasteiger partial charge in [-0.3, -0.25) is 38.6 Å². The van der Waals surface area contributed by atoms with Crippen molar-refractivity contribution in [3.05, 3.63) is 126 Å². The molecule has 24 nitrogen and oxygen atoms in total. The second kappa shape index (κ2) is 30.8. The van der Waals surface area contributed by atoms with Crippen LogP contribution < -0.4 is 60.2 Å². The van der Waals surface area contributed by atoms with E-state index in [9.17, 15) is 43.5 Å². The van der Waals surface area contributed by atoms with Crippen molar-refractivity contribution >= 4 is 64.2 Å². The number of aliphatic carboxylic acids is 1. The monoisotopic (exact) mass is 1080 g/mol. The van der Waals surface area contributed by atoms with Gasteiger partial charge in [-0.25, -0.2) is 9.78 Å². The Hall–Kier alpha value is -8.64. The number of para-hydroxylation sites is 1. The maximum atomic E-state index is 14.5. The molecule has 18 N–H and O–H groups in total. The van der Waals surface area contributed by atoms with Crippen molar-refractivity contribution in [3.8, 4) is 0 Å². The van der Waals surface area contributed by atoms with Gasteiger partial charge in [0.2, 0.25) is 41.4 Å². The minimum absolute atomic E-state index is 0.0263. The fourth-order valence-electron chi connectivity index (χ4n) is 8.51. The molecule has 24 heteroatoms. The molecule has 0 saturated carbocycles. The van der Waals surface area contributed by atoms with Crippen molar-refractivity contribution in [2.24, 2.45) is 33.8 Å². The van der Waals surface area contributed by atoms with Gasteiger partial charge in [0, 0.05) is 61.2 Å². The number of carbonyl (C=O) groups excluding carboxylic acids is 7. The molecule has 78 heavy (non-hydrogen) atoms. The Bertz CT molecular complexity index is 2790. The molecule has 7 atom stereocenters. The number of benzene rings is 3. The van der Waals surface area contributed by atoms with Gasteiger partial charge in [-0.05, 0) is 67.3 Å². The number of nitrogens with one attached hydrogen (secondary N) is 9. The highest BCUT2D eigenvalue weighted by Gasteiger charge is 2.34. The number of aromatic nitrogens is 3. The van der Waals surface area contributed by atoms with Crippen LogP contribution >= 0.6 is 0 Å². The number of amides is 7. The van der Waals surface area contributed by atoms with Crippen LogP contribution in [0.4, 0.5) is 0 Å². The Labute approximate surface area is 451 Å². The SMILES string of the molecule is CC(C)[C@H](NC(=O)[C@H](Cc1ccccc1)NC(=O)[C@H](CCCN=C(N)N)NC(=O)CNC(=O)[C@H](Cc1c[nH]c2ccccc12)NC(=O)[C@H](CCCCN)NC(=O)[C@H](Cc1ccccc1)NC(=O)[C@@H](N)Cc1cnc[nH]1)C(=O)O. The number of aliphatic imine (C=N–C) groups is 1. The highest BCUT2D eigenvalue weighted by atomic mass is 16.4. The molecule has 0 fully saturated rings. The highest BCUT2D eigenvalue weighted by Crippen LogP contribution is 2.20. The molecule has 2 aromatic heterocycles. The van der Waals surface area contributed by atoms with Crippen molar-refractivity contribution in [1.82, 2.24) is 52.2 Å². The number of hydrogen-bond acceptors (Lipinski definition) is 12. The zero-order chi connectivity index (χ0) is 56.6. The number of carboxylic acids is 1. The molecular formula is C54H73N15O9. The minimum Gasteiger partial charge on any atom is -0.480 e. The zero-order valence-electron chi connectivity index (χ0n) is 43.8. The zero-order valence-corrected chi connectivity index (χ0v) is 43.8. The number of carboxylic acid groups (broad SMARTS) is 1. The van der Waals surface area contributed by atoms with E-state index in [1.54, 1.807) is 74.6 Å². The van der Waals surface area contributed by atoms with Gasteiger partial charge in [-0.1, -0.05) is 92.7 Å². The number of fused-ring (bicyclic) bond motifs is 1. The maximum Gasteiger partial charge on any atom is 0.326 e. The molecule has 3 aromatic carbocycles. The van der Waals surface area contributed by atoms with Crippen LogP contribution in [-0.4, -0.2) is 135 Å². The number of carbonyl (C=O) groups is 8. The van der Waals surface area contributed by atoms with Crippen molar-refractivity contribution in [3.63, 3.8) is 0 Å². The first-order chi connectivity index (χ1) is 37.4. The Kier molecular flexibility index (Phi) is 23.8. The molecule has 0 spiro atoms. The van der Waals surface area contributed by atoms with Gasteiger partial charge in [0.25, 0.3) is 0 Å². The number of rotatable bonds is 32. The second-order valence-electron chi connectivity index (χ2n) is 19.2. The predicted molar refractivity (Wildman–Crippen MR) is 292 cm³/mol. The second-order valence-corrected chi connectivity index (χ2v) is 19.2. The van der Waals surface area contributed by atoms with Crippen molar-refractivity contribution < 1.29 is 43.5 Å². The lowest BCUT2D eigenvalue weighted by Crippen LogP contribution is -2.59. The van der Waals surface area contributed by atoms with Crippen LogP contribution in [0.25, 0.3) is 10.9 Å². The lowest BCUT2D eigenvalue weighted by atomic mass is 10.0. The summed E-state index contributed by atoms with van der Waals surface area (Å²) in [5.41, 5.74) is 26.5. The number of imidazole rings is 1. The number of unbranched alkanes of at least 4 members (excludes halogenated alkanes) is 1. The number of nitrogens with zero attached hydrogens (tertiary/aromatic N) is 2. The van der Waals surface area contributed by atoms with Crippen LogP contribution in [0.3, 0.4) is 0 Å². The van der Waals surface area contributed by atoms with E-state index in [4.69, 9.17) is 22.9 Å². The van der Waals surface area contributed by atoms with Gasteiger partial charge in [0.1, 0.15) is 36.3 Å². The summed E-state index contributed by atoms with van der Waals surface area (Å²) in [7, 11) is 0. The third kappa shape index (κ3) is 19.5. The van der Waals surface area contributed by atoms with E-state index < -0.39 is 102 Å². The van der Waals surface area contributed by atoms with Gasteiger partial charge >= 0.3 is 5.97 Å². The molecule has 0 saturated heterocycles. The van der Waals surface area contributed by atoms with E-state index in [-0.39, 0.29) is 57.5 Å². The number of nitrogens with two attached hydrogens (primary N) is 4. The number of H-pyrrole nitrogens is 2. The Morgan fingerprint density at radius 1 is 0.615 bits per heavy atom. The van der Waals surface area contributed by atoms with Crippen LogP contribution in [0.2, 0.25) is 0 Å². The fraction of sp³-hybridized carbons (Fsp3) is 0.407. The molecule has 418 valence electrons. The molecule has 0 unspecified atom stereocenters. The Morgan fingerprint density at radius 2 is 1.15 bits per heavy atom. The first-order valence-electron chi connectivity index (χ1n) is 25.8. The molecule has 0 aliphatic heterocycles. The topological polar surface area (TPSA) is 402 Å². The first-order valence-corrected chi connectivity index (χ1v) is 25.8. The van der Waals surface area contributed by atoms with Gasteiger partial charge in [0.15, 0.2) is 5.96 Å².